The molecule has 1 aliphatic rings. The average molecular weight is 348 g/mol. The fourth-order valence-corrected chi connectivity index (χ4v) is 3.29. The van der Waals surface area contributed by atoms with Crippen LogP contribution in [0.1, 0.15) is 23.2 Å². The van der Waals surface area contributed by atoms with Gasteiger partial charge in [0.2, 0.25) is 0 Å². The standard InChI is InChI=1S/C20H20N4O2/c25-20(24-13-2-4-17(24)15-23-12-3-11-22-23)16-6-8-18(9-7-16)26-19-5-1-10-21-14-19/h1,3,5-12,14,17H,2,4,13,15H2/t17-/m0/s1. The highest BCUT2D eigenvalue weighted by atomic mass is 16.5. The van der Waals surface area contributed by atoms with Crippen molar-refractivity contribution in [1.82, 2.24) is 19.7 Å². The van der Waals surface area contributed by atoms with Crippen LogP contribution in [-0.4, -0.2) is 38.2 Å². The largest absolute Gasteiger partial charge is 0.456 e. The van der Waals surface area contributed by atoms with E-state index >= 15 is 0 Å². The summed E-state index contributed by atoms with van der Waals surface area (Å²) in [5.74, 6) is 1.42. The van der Waals surface area contributed by atoms with E-state index in [1.807, 2.05) is 58.2 Å². The van der Waals surface area contributed by atoms with E-state index in [1.165, 1.54) is 0 Å². The molecule has 1 saturated heterocycles. The quantitative estimate of drug-likeness (QED) is 0.709. The van der Waals surface area contributed by atoms with E-state index in [4.69, 9.17) is 4.74 Å². The van der Waals surface area contributed by atoms with Gasteiger partial charge in [-0.15, -0.1) is 0 Å². The molecule has 6 nitrogen and oxygen atoms in total. The summed E-state index contributed by atoms with van der Waals surface area (Å²) in [6.45, 7) is 1.53. The number of hydrogen-bond acceptors (Lipinski definition) is 4. The lowest BCUT2D eigenvalue weighted by Crippen LogP contribution is -2.38. The van der Waals surface area contributed by atoms with Crippen LogP contribution in [0.4, 0.5) is 0 Å². The minimum atomic E-state index is 0.0626. The average Bonchev–Trinajstić information content (AvgIpc) is 3.35. The number of carbonyl (C=O) groups is 1. The summed E-state index contributed by atoms with van der Waals surface area (Å²) in [7, 11) is 0. The molecule has 132 valence electrons. The van der Waals surface area contributed by atoms with Crippen LogP contribution >= 0.6 is 0 Å². The highest BCUT2D eigenvalue weighted by molar-refractivity contribution is 5.94. The molecular weight excluding hydrogens is 328 g/mol. The number of aromatic nitrogens is 3. The Labute approximate surface area is 152 Å². The van der Waals surface area contributed by atoms with E-state index in [1.54, 1.807) is 18.6 Å². The van der Waals surface area contributed by atoms with Crippen molar-refractivity contribution in [2.45, 2.75) is 25.4 Å². The third-order valence-corrected chi connectivity index (χ3v) is 4.57. The first kappa shape index (κ1) is 16.3. The van der Waals surface area contributed by atoms with Crippen LogP contribution in [-0.2, 0) is 6.54 Å². The van der Waals surface area contributed by atoms with Crippen molar-refractivity contribution < 1.29 is 9.53 Å². The number of pyridine rings is 1. The Kier molecular flexibility index (Phi) is 4.64. The van der Waals surface area contributed by atoms with Gasteiger partial charge in [-0.25, -0.2) is 0 Å². The SMILES string of the molecule is O=C(c1ccc(Oc2cccnc2)cc1)N1CCC[C@H]1Cn1cccn1. The molecule has 1 amide bonds. The van der Waals surface area contributed by atoms with Crippen molar-refractivity contribution in [3.63, 3.8) is 0 Å². The summed E-state index contributed by atoms with van der Waals surface area (Å²) in [4.78, 5) is 18.9. The van der Waals surface area contributed by atoms with Gasteiger partial charge in [0.15, 0.2) is 0 Å². The minimum Gasteiger partial charge on any atom is -0.456 e. The fraction of sp³-hybridized carbons (Fsp3) is 0.250. The Morgan fingerprint density at radius 1 is 1.12 bits per heavy atom. The van der Waals surface area contributed by atoms with Crippen LogP contribution in [0.5, 0.6) is 11.5 Å². The van der Waals surface area contributed by atoms with E-state index in [2.05, 4.69) is 10.1 Å². The molecule has 0 unspecified atom stereocenters. The molecule has 0 bridgehead atoms. The topological polar surface area (TPSA) is 60.2 Å². The van der Waals surface area contributed by atoms with Gasteiger partial charge in [-0.3, -0.25) is 14.5 Å². The zero-order chi connectivity index (χ0) is 17.8. The first-order valence-electron chi connectivity index (χ1n) is 8.76. The molecule has 6 heteroatoms. The lowest BCUT2D eigenvalue weighted by atomic mass is 10.1. The zero-order valence-corrected chi connectivity index (χ0v) is 14.4. The lowest BCUT2D eigenvalue weighted by Gasteiger charge is -2.25. The molecule has 0 radical (unpaired) electrons. The van der Waals surface area contributed by atoms with Gasteiger partial charge in [0.25, 0.3) is 5.91 Å². The summed E-state index contributed by atoms with van der Waals surface area (Å²) in [5.41, 5.74) is 0.677. The van der Waals surface area contributed by atoms with Gasteiger partial charge < -0.3 is 9.64 Å². The van der Waals surface area contributed by atoms with Crippen LogP contribution in [0.3, 0.4) is 0 Å². The number of hydrogen-bond donors (Lipinski definition) is 0. The number of benzene rings is 1. The van der Waals surface area contributed by atoms with Crippen LogP contribution in [0.25, 0.3) is 0 Å². The number of rotatable bonds is 5. The summed E-state index contributed by atoms with van der Waals surface area (Å²) in [6.07, 6.45) is 9.09. The van der Waals surface area contributed by atoms with Crippen molar-refractivity contribution in [3.8, 4) is 11.5 Å². The predicted molar refractivity (Wildman–Crippen MR) is 97.0 cm³/mol. The molecule has 3 heterocycles. The smallest absolute Gasteiger partial charge is 0.254 e. The summed E-state index contributed by atoms with van der Waals surface area (Å²) in [5, 5.41) is 4.25. The molecule has 26 heavy (non-hydrogen) atoms. The minimum absolute atomic E-state index is 0.0626. The highest BCUT2D eigenvalue weighted by Gasteiger charge is 2.29. The summed E-state index contributed by atoms with van der Waals surface area (Å²) >= 11 is 0. The van der Waals surface area contributed by atoms with Crippen LogP contribution < -0.4 is 4.74 Å². The second-order valence-electron chi connectivity index (χ2n) is 6.34. The van der Waals surface area contributed by atoms with E-state index in [9.17, 15) is 4.79 Å². The Morgan fingerprint density at radius 3 is 2.73 bits per heavy atom. The van der Waals surface area contributed by atoms with Crippen LogP contribution in [0.2, 0.25) is 0 Å². The molecular formula is C20H20N4O2. The Hall–Kier alpha value is -3.15. The second-order valence-corrected chi connectivity index (χ2v) is 6.34. The molecule has 2 aromatic heterocycles. The lowest BCUT2D eigenvalue weighted by molar-refractivity contribution is 0.0721. The van der Waals surface area contributed by atoms with Gasteiger partial charge in [0, 0.05) is 30.7 Å². The maximum absolute atomic E-state index is 12.9. The fourth-order valence-electron chi connectivity index (χ4n) is 3.29. The van der Waals surface area contributed by atoms with E-state index in [0.29, 0.717) is 17.1 Å². The van der Waals surface area contributed by atoms with Gasteiger partial charge in [-0.2, -0.15) is 5.10 Å². The van der Waals surface area contributed by atoms with Crippen molar-refractivity contribution in [2.24, 2.45) is 0 Å². The molecule has 1 fully saturated rings. The van der Waals surface area contributed by atoms with Gasteiger partial charge in [0.05, 0.1) is 18.8 Å². The monoisotopic (exact) mass is 348 g/mol. The molecule has 4 rings (SSSR count). The molecule has 0 aliphatic carbocycles. The molecule has 0 N–H and O–H groups in total. The van der Waals surface area contributed by atoms with Crippen molar-refractivity contribution in [1.29, 1.82) is 0 Å². The number of amides is 1. The van der Waals surface area contributed by atoms with E-state index < -0.39 is 0 Å². The number of ether oxygens (including phenoxy) is 1. The van der Waals surface area contributed by atoms with E-state index in [0.717, 1.165) is 25.9 Å². The number of nitrogens with zero attached hydrogens (tertiary/aromatic N) is 4. The second kappa shape index (κ2) is 7.39. The van der Waals surface area contributed by atoms with Gasteiger partial charge in [0.1, 0.15) is 11.5 Å². The third kappa shape index (κ3) is 3.59. The van der Waals surface area contributed by atoms with Crippen molar-refractivity contribution in [3.05, 3.63) is 72.8 Å². The van der Waals surface area contributed by atoms with Gasteiger partial charge >= 0.3 is 0 Å². The first-order chi connectivity index (χ1) is 12.8. The maximum atomic E-state index is 12.9. The molecule has 3 aromatic rings. The Morgan fingerprint density at radius 2 is 2.00 bits per heavy atom. The Balaban J connectivity index is 1.44. The molecule has 1 aromatic carbocycles. The zero-order valence-electron chi connectivity index (χ0n) is 14.4. The molecule has 0 spiro atoms. The van der Waals surface area contributed by atoms with Gasteiger partial charge in [-0.05, 0) is 55.3 Å². The summed E-state index contributed by atoms with van der Waals surface area (Å²) < 4.78 is 7.62. The Bertz CT molecular complexity index is 847. The maximum Gasteiger partial charge on any atom is 0.254 e. The van der Waals surface area contributed by atoms with Crippen LogP contribution in [0, 0.1) is 0 Å². The highest BCUT2D eigenvalue weighted by Crippen LogP contribution is 2.24. The number of likely N-dealkylation sites (tertiary alicyclic amines) is 1. The molecule has 1 atom stereocenters. The normalized spacial score (nSPS) is 16.6. The van der Waals surface area contributed by atoms with Crippen molar-refractivity contribution in [2.75, 3.05) is 6.54 Å². The molecule has 0 saturated carbocycles. The molecule has 1 aliphatic heterocycles. The van der Waals surface area contributed by atoms with E-state index in [-0.39, 0.29) is 11.9 Å². The number of carbonyl (C=O) groups excluding carboxylic acids is 1. The van der Waals surface area contributed by atoms with Gasteiger partial charge in [-0.1, -0.05) is 0 Å². The first-order valence-corrected chi connectivity index (χ1v) is 8.76. The third-order valence-electron chi connectivity index (χ3n) is 4.57. The predicted octanol–water partition coefficient (Wildman–Crippen LogP) is 3.38. The van der Waals surface area contributed by atoms with Crippen molar-refractivity contribution >= 4 is 5.91 Å². The summed E-state index contributed by atoms with van der Waals surface area (Å²) in [6, 6.07) is 13.0. The van der Waals surface area contributed by atoms with Crippen LogP contribution in [0.15, 0.2) is 67.3 Å².